The number of benzene rings is 1. The number of furan rings is 1. The van der Waals surface area contributed by atoms with Crippen LogP contribution < -0.4 is 10.6 Å². The van der Waals surface area contributed by atoms with Gasteiger partial charge in [0.25, 0.3) is 11.6 Å². The number of carbonyl (C=O) groups excluding carboxylic acids is 1. The predicted octanol–water partition coefficient (Wildman–Crippen LogP) is 6.62. The summed E-state index contributed by atoms with van der Waals surface area (Å²) in [4.78, 5) is 25.6. The number of rotatable bonds is 5. The van der Waals surface area contributed by atoms with Crippen LogP contribution in [0.1, 0.15) is 71.9 Å². The van der Waals surface area contributed by atoms with Crippen LogP contribution in [0.3, 0.4) is 0 Å². The Morgan fingerprint density at radius 3 is 2.76 bits per heavy atom. The minimum absolute atomic E-state index is 0.000634. The smallest absolute Gasteiger partial charge is 0.280 e. The second-order valence-electron chi connectivity index (χ2n) is 10.0. The van der Waals surface area contributed by atoms with E-state index in [-0.39, 0.29) is 17.0 Å². The number of nitrogens with one attached hydrogen (secondary N) is 2. The molecule has 0 unspecified atom stereocenters. The van der Waals surface area contributed by atoms with Gasteiger partial charge in [-0.3, -0.25) is 14.9 Å². The first-order chi connectivity index (χ1) is 16.2. The fourth-order valence-electron chi connectivity index (χ4n) is 5.05. The van der Waals surface area contributed by atoms with Gasteiger partial charge in [0.15, 0.2) is 6.17 Å². The van der Waals surface area contributed by atoms with Gasteiger partial charge < -0.3 is 15.1 Å². The Bertz CT molecular complexity index is 1290. The zero-order chi connectivity index (χ0) is 24.2. The number of nitro benzene ring substituents is 1. The first-order valence-electron chi connectivity index (χ1n) is 11.7. The van der Waals surface area contributed by atoms with E-state index in [0.29, 0.717) is 23.0 Å². The zero-order valence-corrected chi connectivity index (χ0v) is 20.7. The average molecular weight is 480 g/mol. The van der Waals surface area contributed by atoms with E-state index in [1.165, 1.54) is 16.5 Å². The summed E-state index contributed by atoms with van der Waals surface area (Å²) in [5, 5.41) is 18.9. The molecule has 0 radical (unpaired) electrons. The van der Waals surface area contributed by atoms with E-state index < -0.39 is 11.1 Å². The lowest BCUT2D eigenvalue weighted by Crippen LogP contribution is -2.38. The van der Waals surface area contributed by atoms with Crippen LogP contribution in [0, 0.1) is 28.4 Å². The number of anilines is 1. The largest absolute Gasteiger partial charge is 0.457 e. The third-order valence-corrected chi connectivity index (χ3v) is 8.77. The van der Waals surface area contributed by atoms with Gasteiger partial charge in [0.1, 0.15) is 16.5 Å². The molecule has 2 aliphatic rings. The van der Waals surface area contributed by atoms with Crippen molar-refractivity contribution >= 4 is 27.9 Å². The Labute approximate surface area is 202 Å². The molecule has 2 aromatic heterocycles. The van der Waals surface area contributed by atoms with E-state index in [9.17, 15) is 14.9 Å². The van der Waals surface area contributed by atoms with Gasteiger partial charge in [0.2, 0.25) is 0 Å². The summed E-state index contributed by atoms with van der Waals surface area (Å²) in [6.07, 6.45) is 3.65. The fourth-order valence-corrected chi connectivity index (χ4v) is 6.40. The van der Waals surface area contributed by atoms with Crippen LogP contribution in [-0.2, 0) is 12.8 Å². The molecular formula is C26H29N3O4S. The van der Waals surface area contributed by atoms with Crippen LogP contribution in [0.4, 0.5) is 10.7 Å². The number of aryl methyl sites for hydroxylation is 1. The maximum absolute atomic E-state index is 13.1. The number of fused-ring (bicyclic) bond motifs is 3. The van der Waals surface area contributed by atoms with Gasteiger partial charge in [-0.15, -0.1) is 11.3 Å². The van der Waals surface area contributed by atoms with Crippen LogP contribution in [0.2, 0.25) is 0 Å². The molecule has 3 heterocycles. The molecule has 34 heavy (non-hydrogen) atoms. The molecule has 1 amide bonds. The van der Waals surface area contributed by atoms with Gasteiger partial charge in [-0.05, 0) is 66.8 Å². The maximum atomic E-state index is 13.1. The Balaban J connectivity index is 1.42. The van der Waals surface area contributed by atoms with Crippen molar-refractivity contribution in [2.24, 2.45) is 11.3 Å². The van der Waals surface area contributed by atoms with Crippen molar-refractivity contribution in [3.63, 3.8) is 0 Å². The molecule has 0 saturated carbocycles. The molecule has 5 rings (SSSR count). The summed E-state index contributed by atoms with van der Waals surface area (Å²) in [6.45, 7) is 8.74. The van der Waals surface area contributed by atoms with Gasteiger partial charge in [0.05, 0.1) is 16.1 Å². The van der Waals surface area contributed by atoms with Crippen molar-refractivity contribution < 1.29 is 14.1 Å². The highest BCUT2D eigenvalue weighted by molar-refractivity contribution is 7.16. The van der Waals surface area contributed by atoms with Crippen molar-refractivity contribution in [1.29, 1.82) is 0 Å². The molecule has 1 aliphatic carbocycles. The molecule has 1 aliphatic heterocycles. The van der Waals surface area contributed by atoms with Crippen molar-refractivity contribution in [3.8, 4) is 11.3 Å². The first-order valence-corrected chi connectivity index (χ1v) is 12.6. The molecule has 1 aromatic carbocycles. The summed E-state index contributed by atoms with van der Waals surface area (Å²) in [6, 6.07) is 8.53. The molecule has 178 valence electrons. The molecule has 2 atom stereocenters. The summed E-state index contributed by atoms with van der Waals surface area (Å²) in [5.41, 5.74) is 3.46. The van der Waals surface area contributed by atoms with E-state index in [2.05, 4.69) is 31.4 Å². The Kier molecular flexibility index (Phi) is 5.51. The van der Waals surface area contributed by atoms with Crippen molar-refractivity contribution in [2.75, 3.05) is 5.32 Å². The molecule has 0 fully saturated rings. The second-order valence-corrected chi connectivity index (χ2v) is 11.1. The number of carbonyl (C=O) groups is 1. The van der Waals surface area contributed by atoms with Gasteiger partial charge in [0, 0.05) is 10.9 Å². The van der Waals surface area contributed by atoms with E-state index in [1.54, 1.807) is 29.5 Å². The minimum Gasteiger partial charge on any atom is -0.457 e. The molecule has 3 aromatic rings. The highest BCUT2D eigenvalue weighted by Crippen LogP contribution is 2.47. The van der Waals surface area contributed by atoms with Crippen molar-refractivity contribution in [1.82, 2.24) is 5.32 Å². The van der Waals surface area contributed by atoms with Crippen molar-refractivity contribution in [2.45, 2.75) is 59.5 Å². The number of nitrogens with zero attached hydrogens (tertiary/aromatic N) is 1. The van der Waals surface area contributed by atoms with Crippen LogP contribution in [0.25, 0.3) is 11.3 Å². The maximum Gasteiger partial charge on any atom is 0.280 e. The summed E-state index contributed by atoms with van der Waals surface area (Å²) in [7, 11) is 0. The SMILES string of the molecule is CCC(C)(C)[C@H]1CCc2c(sc3c2C(=O)N[C@@H](c2ccc(-c4ccc(C)cc4[N+](=O)[O-])o2)N3)C1. The topological polar surface area (TPSA) is 97.4 Å². The zero-order valence-electron chi connectivity index (χ0n) is 19.9. The average Bonchev–Trinajstić information content (AvgIpc) is 3.43. The number of thiophene rings is 1. The molecule has 0 saturated heterocycles. The fraction of sp³-hybridized carbons (Fsp3) is 0.423. The minimum atomic E-state index is -0.527. The molecule has 0 bridgehead atoms. The number of hydrogen-bond donors (Lipinski definition) is 2. The first kappa shape index (κ1) is 22.7. The third kappa shape index (κ3) is 3.79. The van der Waals surface area contributed by atoms with Crippen molar-refractivity contribution in [3.05, 3.63) is 67.8 Å². The van der Waals surface area contributed by atoms with Gasteiger partial charge >= 0.3 is 0 Å². The van der Waals surface area contributed by atoms with Gasteiger partial charge in [-0.2, -0.15) is 0 Å². The van der Waals surface area contributed by atoms with Crippen LogP contribution in [0.5, 0.6) is 0 Å². The summed E-state index contributed by atoms with van der Waals surface area (Å²) >= 11 is 1.68. The van der Waals surface area contributed by atoms with E-state index in [4.69, 9.17) is 4.42 Å². The number of nitro groups is 1. The number of hydrogen-bond acceptors (Lipinski definition) is 6. The van der Waals surface area contributed by atoms with Gasteiger partial charge in [-0.25, -0.2) is 0 Å². The third-order valence-electron chi connectivity index (χ3n) is 7.59. The molecule has 0 spiro atoms. The Morgan fingerprint density at radius 1 is 1.24 bits per heavy atom. The van der Waals surface area contributed by atoms with E-state index in [0.717, 1.165) is 41.8 Å². The van der Waals surface area contributed by atoms with Crippen LogP contribution >= 0.6 is 11.3 Å². The normalized spacial score (nSPS) is 19.7. The van der Waals surface area contributed by atoms with Gasteiger partial charge in [-0.1, -0.05) is 33.3 Å². The second kappa shape index (κ2) is 8.27. The molecule has 2 N–H and O–H groups in total. The molecular weight excluding hydrogens is 450 g/mol. The Hall–Kier alpha value is -3.13. The predicted molar refractivity (Wildman–Crippen MR) is 133 cm³/mol. The number of amides is 1. The standard InChI is InChI=1S/C26H29N3O4S/c1-5-26(3,4)15-7-9-17-21(13-15)34-25-22(17)24(30)27-23(28-25)20-11-10-19(33-20)16-8-6-14(2)12-18(16)29(31)32/h6,8,10-12,15,23,28H,5,7,9,13H2,1-4H3,(H,27,30)/t15-,23+/m0/s1. The van der Waals surface area contributed by atoms with E-state index >= 15 is 0 Å². The molecule has 7 nitrogen and oxygen atoms in total. The quantitative estimate of drug-likeness (QED) is 0.317. The summed E-state index contributed by atoms with van der Waals surface area (Å²) < 4.78 is 6.00. The van der Waals surface area contributed by atoms with Crippen LogP contribution in [0.15, 0.2) is 34.7 Å². The monoisotopic (exact) mass is 479 g/mol. The Morgan fingerprint density at radius 2 is 2.03 bits per heavy atom. The molecule has 8 heteroatoms. The highest BCUT2D eigenvalue weighted by Gasteiger charge is 2.38. The summed E-state index contributed by atoms with van der Waals surface area (Å²) in [5.74, 6) is 1.43. The van der Waals surface area contributed by atoms with E-state index in [1.807, 2.05) is 13.0 Å². The lowest BCUT2D eigenvalue weighted by Gasteiger charge is -2.36. The highest BCUT2D eigenvalue weighted by atomic mass is 32.1. The van der Waals surface area contributed by atoms with Crippen LogP contribution in [-0.4, -0.2) is 10.8 Å². The lowest BCUT2D eigenvalue weighted by atomic mass is 9.69. The lowest BCUT2D eigenvalue weighted by molar-refractivity contribution is -0.384.